The van der Waals surface area contributed by atoms with Gasteiger partial charge < -0.3 is 11.1 Å². The molecular formula is C13H20ClN5O. The van der Waals surface area contributed by atoms with E-state index in [-0.39, 0.29) is 24.2 Å². The second kappa shape index (κ2) is 7.21. The lowest BCUT2D eigenvalue weighted by molar-refractivity contribution is -0.123. The highest BCUT2D eigenvalue weighted by Gasteiger charge is 2.19. The van der Waals surface area contributed by atoms with Crippen LogP contribution in [-0.2, 0) is 11.3 Å². The molecule has 0 saturated heterocycles. The summed E-state index contributed by atoms with van der Waals surface area (Å²) in [5, 5.41) is 10.9. The Morgan fingerprint density at radius 1 is 1.45 bits per heavy atom. The van der Waals surface area contributed by atoms with Crippen molar-refractivity contribution in [2.45, 2.75) is 32.9 Å². The van der Waals surface area contributed by atoms with E-state index >= 15 is 0 Å². The maximum Gasteiger partial charge on any atom is 0.237 e. The SMILES string of the molecule is CCC(C)C(N)C(=O)NCc1nnc2ccccn12.Cl. The van der Waals surface area contributed by atoms with Crippen molar-refractivity contribution in [3.63, 3.8) is 0 Å². The van der Waals surface area contributed by atoms with Crippen molar-refractivity contribution in [1.82, 2.24) is 19.9 Å². The number of nitrogens with zero attached hydrogens (tertiary/aromatic N) is 3. The Balaban J connectivity index is 0.00000200. The monoisotopic (exact) mass is 297 g/mol. The fraction of sp³-hybridized carbons (Fsp3) is 0.462. The smallest absolute Gasteiger partial charge is 0.237 e. The van der Waals surface area contributed by atoms with Gasteiger partial charge in [0.25, 0.3) is 0 Å². The third-order valence-electron chi connectivity index (χ3n) is 3.36. The van der Waals surface area contributed by atoms with Gasteiger partial charge in [-0.05, 0) is 18.1 Å². The van der Waals surface area contributed by atoms with Gasteiger partial charge in [0.15, 0.2) is 11.5 Å². The highest BCUT2D eigenvalue weighted by Crippen LogP contribution is 2.06. The second-order valence-electron chi connectivity index (χ2n) is 4.67. The van der Waals surface area contributed by atoms with Crippen LogP contribution in [0.2, 0.25) is 0 Å². The van der Waals surface area contributed by atoms with Crippen LogP contribution in [0.4, 0.5) is 0 Å². The standard InChI is InChI=1S/C13H19N5O.ClH/c1-3-9(2)12(14)13(19)15-8-11-17-16-10-6-4-5-7-18(10)11;/h4-7,9,12H,3,8,14H2,1-2H3,(H,15,19);1H. The number of nitrogens with one attached hydrogen (secondary N) is 1. The van der Waals surface area contributed by atoms with Crippen molar-refractivity contribution in [2.24, 2.45) is 11.7 Å². The van der Waals surface area contributed by atoms with Crippen molar-refractivity contribution in [1.29, 1.82) is 0 Å². The molecular weight excluding hydrogens is 278 g/mol. The molecule has 2 aromatic heterocycles. The van der Waals surface area contributed by atoms with Gasteiger partial charge in [0, 0.05) is 6.20 Å². The number of halogens is 1. The molecule has 3 N–H and O–H groups in total. The minimum absolute atomic E-state index is 0. The lowest BCUT2D eigenvalue weighted by Crippen LogP contribution is -2.44. The summed E-state index contributed by atoms with van der Waals surface area (Å²) in [5.74, 6) is 0.706. The van der Waals surface area contributed by atoms with Gasteiger partial charge in [-0.1, -0.05) is 26.3 Å². The van der Waals surface area contributed by atoms with Crippen molar-refractivity contribution in [3.8, 4) is 0 Å². The number of carbonyl (C=O) groups is 1. The molecule has 2 heterocycles. The molecule has 0 saturated carbocycles. The molecule has 0 aromatic carbocycles. The minimum Gasteiger partial charge on any atom is -0.347 e. The molecule has 0 spiro atoms. The largest absolute Gasteiger partial charge is 0.347 e. The Morgan fingerprint density at radius 3 is 2.90 bits per heavy atom. The first-order valence-corrected chi connectivity index (χ1v) is 6.45. The van der Waals surface area contributed by atoms with E-state index in [0.29, 0.717) is 12.4 Å². The fourth-order valence-electron chi connectivity index (χ4n) is 1.81. The summed E-state index contributed by atoms with van der Waals surface area (Å²) < 4.78 is 1.84. The number of hydrogen-bond acceptors (Lipinski definition) is 4. The van der Waals surface area contributed by atoms with Gasteiger partial charge in [-0.25, -0.2) is 0 Å². The van der Waals surface area contributed by atoms with Crippen LogP contribution in [0.5, 0.6) is 0 Å². The van der Waals surface area contributed by atoms with E-state index in [9.17, 15) is 4.79 Å². The fourth-order valence-corrected chi connectivity index (χ4v) is 1.81. The minimum atomic E-state index is -0.482. The van der Waals surface area contributed by atoms with Gasteiger partial charge in [-0.2, -0.15) is 0 Å². The molecule has 20 heavy (non-hydrogen) atoms. The second-order valence-corrected chi connectivity index (χ2v) is 4.67. The number of aromatic nitrogens is 3. The predicted octanol–water partition coefficient (Wildman–Crippen LogP) is 1.14. The third-order valence-corrected chi connectivity index (χ3v) is 3.36. The molecule has 2 rings (SSSR count). The van der Waals surface area contributed by atoms with E-state index in [1.165, 1.54) is 0 Å². The summed E-state index contributed by atoms with van der Waals surface area (Å²) in [7, 11) is 0. The van der Waals surface area contributed by atoms with Crippen LogP contribution in [0.15, 0.2) is 24.4 Å². The van der Waals surface area contributed by atoms with Crippen molar-refractivity contribution in [2.75, 3.05) is 0 Å². The first kappa shape index (κ1) is 16.4. The van der Waals surface area contributed by atoms with Crippen LogP contribution < -0.4 is 11.1 Å². The van der Waals surface area contributed by atoms with Crippen molar-refractivity contribution >= 4 is 24.0 Å². The van der Waals surface area contributed by atoms with Crippen LogP contribution in [0, 0.1) is 5.92 Å². The normalized spacial score (nSPS) is 13.6. The molecule has 0 fully saturated rings. The zero-order valence-corrected chi connectivity index (χ0v) is 12.4. The third kappa shape index (κ3) is 3.46. The Kier molecular flexibility index (Phi) is 5.91. The molecule has 7 heteroatoms. The molecule has 2 atom stereocenters. The van der Waals surface area contributed by atoms with Crippen LogP contribution in [0.25, 0.3) is 5.65 Å². The molecule has 0 aliphatic heterocycles. The van der Waals surface area contributed by atoms with E-state index < -0.39 is 6.04 Å². The molecule has 2 unspecified atom stereocenters. The number of carbonyl (C=O) groups excluding carboxylic acids is 1. The average Bonchev–Trinajstić information content (AvgIpc) is 2.86. The number of fused-ring (bicyclic) bond motifs is 1. The summed E-state index contributed by atoms with van der Waals surface area (Å²) >= 11 is 0. The van der Waals surface area contributed by atoms with Crippen LogP contribution in [0.3, 0.4) is 0 Å². The van der Waals surface area contributed by atoms with Crippen LogP contribution in [-0.4, -0.2) is 26.5 Å². The molecule has 6 nitrogen and oxygen atoms in total. The summed E-state index contributed by atoms with van der Waals surface area (Å²) in [4.78, 5) is 11.9. The molecule has 0 radical (unpaired) electrons. The molecule has 0 aliphatic carbocycles. The number of hydrogen-bond donors (Lipinski definition) is 2. The van der Waals surface area contributed by atoms with E-state index in [1.54, 1.807) is 0 Å². The zero-order chi connectivity index (χ0) is 13.8. The first-order valence-electron chi connectivity index (χ1n) is 6.45. The summed E-state index contributed by atoms with van der Waals surface area (Å²) in [6, 6.07) is 5.17. The molecule has 1 amide bonds. The van der Waals surface area contributed by atoms with Crippen LogP contribution in [0.1, 0.15) is 26.1 Å². The topological polar surface area (TPSA) is 85.3 Å². The molecule has 0 bridgehead atoms. The van der Waals surface area contributed by atoms with Gasteiger partial charge in [-0.3, -0.25) is 9.20 Å². The lowest BCUT2D eigenvalue weighted by atomic mass is 9.99. The maximum absolute atomic E-state index is 11.9. The summed E-state index contributed by atoms with van der Waals surface area (Å²) in [5.41, 5.74) is 6.63. The van der Waals surface area contributed by atoms with Gasteiger partial charge >= 0.3 is 0 Å². The number of rotatable bonds is 5. The Morgan fingerprint density at radius 2 is 2.20 bits per heavy atom. The van der Waals surface area contributed by atoms with E-state index in [2.05, 4.69) is 15.5 Å². The van der Waals surface area contributed by atoms with Crippen molar-refractivity contribution < 1.29 is 4.79 Å². The highest BCUT2D eigenvalue weighted by atomic mass is 35.5. The number of amides is 1. The van der Waals surface area contributed by atoms with Gasteiger partial charge in [0.05, 0.1) is 12.6 Å². The van der Waals surface area contributed by atoms with Crippen molar-refractivity contribution in [3.05, 3.63) is 30.2 Å². The van der Waals surface area contributed by atoms with Crippen LogP contribution >= 0.6 is 12.4 Å². The van der Waals surface area contributed by atoms with Gasteiger partial charge in [0.2, 0.25) is 5.91 Å². The average molecular weight is 298 g/mol. The zero-order valence-electron chi connectivity index (χ0n) is 11.6. The van der Waals surface area contributed by atoms with E-state index in [4.69, 9.17) is 5.73 Å². The molecule has 110 valence electrons. The van der Waals surface area contributed by atoms with E-state index in [1.807, 2.05) is 42.6 Å². The maximum atomic E-state index is 11.9. The Hall–Kier alpha value is -1.66. The van der Waals surface area contributed by atoms with Gasteiger partial charge in [0.1, 0.15) is 0 Å². The molecule has 0 aliphatic rings. The number of nitrogens with two attached hydrogens (primary N) is 1. The summed E-state index contributed by atoms with van der Waals surface area (Å²) in [6.07, 6.45) is 2.74. The Bertz CT molecular complexity index is 571. The quantitative estimate of drug-likeness (QED) is 0.866. The van der Waals surface area contributed by atoms with Gasteiger partial charge in [-0.15, -0.1) is 22.6 Å². The molecule has 2 aromatic rings. The highest BCUT2D eigenvalue weighted by molar-refractivity contribution is 5.85. The summed E-state index contributed by atoms with van der Waals surface area (Å²) in [6.45, 7) is 4.31. The number of pyridine rings is 1. The van der Waals surface area contributed by atoms with E-state index in [0.717, 1.165) is 12.1 Å². The lowest BCUT2D eigenvalue weighted by Gasteiger charge is -2.17. The first-order chi connectivity index (χ1) is 9.13. The Labute approximate surface area is 124 Å². The predicted molar refractivity (Wildman–Crippen MR) is 79.5 cm³/mol.